The summed E-state index contributed by atoms with van der Waals surface area (Å²) in [5.74, 6) is -14.4. The molecule has 0 aliphatic carbocycles. The zero-order valence-corrected chi connectivity index (χ0v) is 77.3. The van der Waals surface area contributed by atoms with Crippen molar-refractivity contribution in [1.82, 2.24) is 110 Å². The van der Waals surface area contributed by atoms with Crippen molar-refractivity contribution in [1.29, 1.82) is 10.8 Å². The molecule has 0 bridgehead atoms. The van der Waals surface area contributed by atoms with Crippen LogP contribution < -0.4 is 107 Å². The van der Waals surface area contributed by atoms with E-state index in [-0.39, 0.29) is 151 Å². The lowest BCUT2D eigenvalue weighted by molar-refractivity contribution is -0.137. The first-order valence-corrected chi connectivity index (χ1v) is 44.5. The second kappa shape index (κ2) is 55.6. The first-order chi connectivity index (χ1) is 64.1. The van der Waals surface area contributed by atoms with Crippen molar-refractivity contribution in [3.63, 3.8) is 0 Å². The third-order valence-corrected chi connectivity index (χ3v) is 21.3. The van der Waals surface area contributed by atoms with Crippen LogP contribution >= 0.6 is 0 Å². The summed E-state index contributed by atoms with van der Waals surface area (Å²) in [6.45, 7) is 15.1. The number of phenols is 1. The highest BCUT2D eigenvalue weighted by molar-refractivity contribution is 6.01. The van der Waals surface area contributed by atoms with Gasteiger partial charge in [-0.15, -0.1) is 15.0 Å². The second-order valence-electron chi connectivity index (χ2n) is 33.6. The highest BCUT2D eigenvalue weighted by Crippen LogP contribution is 2.22. The molecule has 45 heteroatoms. The number of aliphatic hydroxyl groups excluding tert-OH is 2. The maximum Gasteiger partial charge on any atom is 0.292 e. The summed E-state index contributed by atoms with van der Waals surface area (Å²) in [5.41, 5.74) is 19.4. The van der Waals surface area contributed by atoms with Crippen molar-refractivity contribution in [3.8, 4) is 17.2 Å². The maximum atomic E-state index is 15.5. The Morgan fingerprint density at radius 3 is 1.38 bits per heavy atom. The minimum Gasteiger partial charge on any atom is -0.508 e. The van der Waals surface area contributed by atoms with Crippen LogP contribution in [-0.2, 0) is 86.4 Å². The number of carbonyl (C=O) groups excluding carboxylic acids is 15. The van der Waals surface area contributed by atoms with Crippen molar-refractivity contribution < 1.29 is 92.0 Å². The van der Waals surface area contributed by atoms with E-state index in [9.17, 15) is 63.3 Å². The van der Waals surface area contributed by atoms with Crippen molar-refractivity contribution >= 4 is 111 Å². The standard InChI is InChI=1S/C90H130N26O19/c1-49(2)42-67(102-54(9)119)86(132)112-73(53(8)118)87(133)110-70(44-55-22-12-11-13-23-55)84(130)106-63(26-16-18-38-96-76(122)51(5)6)78(124)104-66(29-21-41-99-90(94)95)80(126)108-69(45-56-30-34-59(120)35-31-56)85(131)109-71(46-57-47-100-62-25-15-14-24-61(57)62)82(128)101-52(7)77(123)103-65(28-20-40-98-89(92)93)79(125)107-68(43-50(3)4)83(129)105-64(81(127)111-72(48-117)74(91)121)27-17-19-39-97-88(134)75-113-115-116(114-75)58-32-36-60(135-10)37-33-58/h11-15,22-25,30-37,47,49-50,52-53,63-73,100,117-118,120H,5,16-21,26-29,38-46,48H2,1-4,6-10H3,(H2,91,121)(H,96,122)(H,97,134)(H,101,128)(H,102,119)(H,103,123)(H,104,124)(H,105,129)(H,106,130)(H,107,125)(H,108,126)(H,109,131)(H,110,133)(H,111,127)(H,112,132)(H4,92,93,98)(H4,94,95,99)/t52-,53+,63-,64-,65-,66-,67-,68-,69-,70-,71-,72-,73-/m0/s1. The van der Waals surface area contributed by atoms with Crippen LogP contribution in [0, 0.1) is 22.7 Å². The molecule has 0 radical (unpaired) electrons. The molecule has 28 N–H and O–H groups in total. The molecular weight excluding hydrogens is 1750 g/mol. The lowest BCUT2D eigenvalue weighted by atomic mass is 10.0. The van der Waals surface area contributed by atoms with Crippen molar-refractivity contribution in [3.05, 3.63) is 144 Å². The number of fused-ring (bicyclic) bond motifs is 1. The number of benzene rings is 4. The number of guanidine groups is 2. The number of rotatable bonds is 58. The molecule has 13 atom stereocenters. The van der Waals surface area contributed by atoms with Crippen LogP contribution in [0.3, 0.4) is 0 Å². The van der Waals surface area contributed by atoms with Crippen LogP contribution in [0.15, 0.2) is 121 Å². The van der Waals surface area contributed by atoms with Gasteiger partial charge in [0.05, 0.1) is 25.5 Å². The van der Waals surface area contributed by atoms with E-state index < -0.39 is 186 Å². The quantitative estimate of drug-likeness (QED) is 0.00825. The van der Waals surface area contributed by atoms with Crippen LogP contribution in [0.4, 0.5) is 0 Å². The number of tetrazole rings is 1. The number of carbonyl (C=O) groups is 15. The van der Waals surface area contributed by atoms with Gasteiger partial charge in [0.2, 0.25) is 82.7 Å². The number of unbranched alkanes of at least 4 members (excludes halogenated alkanes) is 2. The maximum absolute atomic E-state index is 15.5. The van der Waals surface area contributed by atoms with E-state index in [1.54, 1.807) is 98.9 Å². The lowest BCUT2D eigenvalue weighted by Gasteiger charge is -2.29. The van der Waals surface area contributed by atoms with Gasteiger partial charge in [0, 0.05) is 75.0 Å². The van der Waals surface area contributed by atoms with Gasteiger partial charge in [-0.1, -0.05) is 94.9 Å². The van der Waals surface area contributed by atoms with E-state index >= 15 is 24.0 Å². The number of nitrogens with zero attached hydrogens (tertiary/aromatic N) is 4. The van der Waals surface area contributed by atoms with Gasteiger partial charge in [-0.3, -0.25) is 82.7 Å². The van der Waals surface area contributed by atoms with E-state index in [1.807, 2.05) is 13.8 Å². The van der Waals surface area contributed by atoms with E-state index in [0.29, 0.717) is 39.0 Å². The van der Waals surface area contributed by atoms with E-state index in [2.05, 4.69) is 112 Å². The number of hydrogen-bond acceptors (Lipinski definition) is 24. The third-order valence-electron chi connectivity index (χ3n) is 21.3. The molecule has 0 spiro atoms. The number of hydrogen-bond donors (Lipinski definition) is 25. The van der Waals surface area contributed by atoms with Crippen LogP contribution in [0.2, 0.25) is 0 Å². The molecule has 135 heavy (non-hydrogen) atoms. The minimum absolute atomic E-state index is 0.00271. The number of nitrogens with one attached hydrogen (secondary N) is 19. The molecule has 0 aliphatic heterocycles. The first kappa shape index (κ1) is 109. The fraction of sp³-hybridized carbons (Fsp3) is 0.489. The smallest absolute Gasteiger partial charge is 0.292 e. The Labute approximate surface area is 781 Å². The average Bonchev–Trinajstić information content (AvgIpc) is 1.72. The first-order valence-electron chi connectivity index (χ1n) is 44.5. The molecule has 15 amide bonds. The van der Waals surface area contributed by atoms with E-state index in [4.69, 9.17) is 32.8 Å². The molecule has 4 aromatic carbocycles. The number of primary amides is 1. The van der Waals surface area contributed by atoms with Gasteiger partial charge < -0.3 is 127 Å². The fourth-order valence-electron chi connectivity index (χ4n) is 14.1. The predicted molar refractivity (Wildman–Crippen MR) is 497 cm³/mol. The Hall–Kier alpha value is -14.7. The zero-order chi connectivity index (χ0) is 99.5. The number of aromatic hydroxyl groups is 1. The zero-order valence-electron chi connectivity index (χ0n) is 77.3. The SMILES string of the molecule is C=C(C)C(=O)NCCCC[C@H](NC(=O)[C@H](Cc1ccccc1)NC(=O)[C@@H](NC(=O)[C@H](CC(C)C)NC(C)=O)[C@@H](C)O)C(=O)N[C@@H](CCCNC(=N)N)C(=O)N[C@@H](Cc1ccc(O)cc1)C(=O)N[C@@H](Cc1c[nH]c2ccccc12)C(=O)N[C@@H](C)C(=O)N[C@@H](CCCNC(=N)N)C(=O)N[C@@H](CC(C)C)C(=O)N[C@@H](CCCCNC(=O)c1nnn(-c2ccc(OC)cc2)n1)C(=O)N[C@@H](CO)C(N)=O. The molecule has 0 aliphatic rings. The number of ether oxygens (including phenoxy) is 1. The van der Waals surface area contributed by atoms with Crippen LogP contribution in [0.5, 0.6) is 11.5 Å². The van der Waals surface area contributed by atoms with Gasteiger partial charge >= 0.3 is 0 Å². The Kier molecular flexibility index (Phi) is 44.9. The van der Waals surface area contributed by atoms with Gasteiger partial charge in [-0.05, 0) is 174 Å². The molecule has 6 aromatic rings. The van der Waals surface area contributed by atoms with Crippen molar-refractivity contribution in [2.75, 3.05) is 39.9 Å². The summed E-state index contributed by atoms with van der Waals surface area (Å²) in [6.07, 6.45) is -0.782. The molecule has 45 nitrogen and oxygen atoms in total. The second-order valence-corrected chi connectivity index (χ2v) is 33.6. The van der Waals surface area contributed by atoms with Gasteiger partial charge in [-0.25, -0.2) is 0 Å². The summed E-state index contributed by atoms with van der Waals surface area (Å²) >= 11 is 0. The summed E-state index contributed by atoms with van der Waals surface area (Å²) in [4.78, 5) is 217. The predicted octanol–water partition coefficient (Wildman–Crippen LogP) is -2.32. The molecule has 2 aromatic heterocycles. The number of nitrogens with two attached hydrogens (primary N) is 3. The third kappa shape index (κ3) is 37.9. The molecule has 2 heterocycles. The molecule has 0 saturated heterocycles. The largest absolute Gasteiger partial charge is 0.508 e. The lowest BCUT2D eigenvalue weighted by Crippen LogP contribution is -2.62. The molecule has 0 fully saturated rings. The summed E-state index contributed by atoms with van der Waals surface area (Å²) in [7, 11) is 1.50. The number of amides is 15. The van der Waals surface area contributed by atoms with E-state index in [1.165, 1.54) is 59.1 Å². The number of aliphatic hydroxyl groups is 2. The highest BCUT2D eigenvalue weighted by Gasteiger charge is 2.39. The van der Waals surface area contributed by atoms with Crippen LogP contribution in [0.25, 0.3) is 16.6 Å². The fourth-order valence-corrected chi connectivity index (χ4v) is 14.1. The normalized spacial score (nSPS) is 14.0. The monoisotopic (exact) mass is 1880 g/mol. The number of methoxy groups -OCH3 is 1. The molecule has 734 valence electrons. The summed E-state index contributed by atoms with van der Waals surface area (Å²) in [6, 6.07) is 9.17. The number of para-hydroxylation sites is 1. The minimum atomic E-state index is -1.70. The number of phenolic OH excluding ortho intramolecular Hbond substituents is 1. The number of H-pyrrole nitrogens is 1. The van der Waals surface area contributed by atoms with Gasteiger partial charge in [-0.2, -0.15) is 0 Å². The van der Waals surface area contributed by atoms with Crippen molar-refractivity contribution in [2.24, 2.45) is 29.0 Å². The topological polar surface area (TPSA) is 704 Å². The Bertz CT molecular complexity index is 5030. The highest BCUT2D eigenvalue weighted by atomic mass is 16.5. The average molecular weight is 1880 g/mol. The summed E-state index contributed by atoms with van der Waals surface area (Å²) in [5, 5.41) is 102. The Balaban J connectivity index is 1.29. The number of aromatic nitrogens is 5. The molecule has 6 rings (SSSR count). The molecule has 0 saturated carbocycles. The van der Waals surface area contributed by atoms with Gasteiger partial charge in [0.25, 0.3) is 11.7 Å². The van der Waals surface area contributed by atoms with E-state index in [0.717, 1.165) is 4.80 Å². The molecule has 0 unspecified atom stereocenters. The Morgan fingerprint density at radius 2 is 0.889 bits per heavy atom. The van der Waals surface area contributed by atoms with Crippen LogP contribution in [0.1, 0.15) is 160 Å². The number of aromatic amines is 1. The summed E-state index contributed by atoms with van der Waals surface area (Å²) < 4.78 is 5.19. The van der Waals surface area contributed by atoms with Crippen LogP contribution in [-0.4, -0.2) is 260 Å². The van der Waals surface area contributed by atoms with Gasteiger partial charge in [0.1, 0.15) is 84.0 Å². The Morgan fingerprint density at radius 1 is 0.467 bits per heavy atom. The van der Waals surface area contributed by atoms with Gasteiger partial charge in [0.15, 0.2) is 11.9 Å². The molecular formula is C90H130N26O19. The van der Waals surface area contributed by atoms with Crippen molar-refractivity contribution in [2.45, 2.75) is 230 Å².